The normalized spacial score (nSPS) is 13.9. The van der Waals surface area contributed by atoms with Crippen LogP contribution in [-0.4, -0.2) is 46.1 Å². The lowest BCUT2D eigenvalue weighted by Crippen LogP contribution is -2.41. The van der Waals surface area contributed by atoms with E-state index in [1.165, 1.54) is 4.90 Å². The molecule has 0 atom stereocenters. The molecule has 2 heterocycles. The van der Waals surface area contributed by atoms with Crippen molar-refractivity contribution in [1.29, 1.82) is 0 Å². The topological polar surface area (TPSA) is 127 Å². The van der Waals surface area contributed by atoms with Crippen LogP contribution in [0.3, 0.4) is 0 Å². The number of ether oxygens (including phenoxy) is 2. The molecular formula is C24H24N4O5. The number of carbonyl (C=O) groups is 2. The second-order valence-corrected chi connectivity index (χ2v) is 7.62. The number of amides is 2. The Hall–Kier alpha value is -4.27. The summed E-state index contributed by atoms with van der Waals surface area (Å²) in [5.74, 6) is 1.29. The number of carbonyl (C=O) groups excluding carboxylic acids is 1. The highest BCUT2D eigenvalue weighted by Gasteiger charge is 2.23. The van der Waals surface area contributed by atoms with Gasteiger partial charge in [-0.3, -0.25) is 4.79 Å². The predicted molar refractivity (Wildman–Crippen MR) is 122 cm³/mol. The van der Waals surface area contributed by atoms with Crippen LogP contribution in [0.2, 0.25) is 0 Å². The van der Waals surface area contributed by atoms with Gasteiger partial charge >= 0.3 is 6.09 Å². The van der Waals surface area contributed by atoms with E-state index in [1.807, 2.05) is 30.3 Å². The molecule has 170 valence electrons. The summed E-state index contributed by atoms with van der Waals surface area (Å²) in [6.45, 7) is 0.905. The van der Waals surface area contributed by atoms with Gasteiger partial charge in [-0.1, -0.05) is 18.2 Å². The summed E-state index contributed by atoms with van der Waals surface area (Å²) in [6, 6.07) is 18.0. The van der Waals surface area contributed by atoms with Crippen molar-refractivity contribution in [1.82, 2.24) is 9.88 Å². The highest BCUT2D eigenvalue weighted by molar-refractivity contribution is 5.96. The molecule has 3 aromatic rings. The first-order valence-electron chi connectivity index (χ1n) is 10.5. The van der Waals surface area contributed by atoms with Gasteiger partial charge in [0.25, 0.3) is 5.91 Å². The Bertz CT molecular complexity index is 1110. The zero-order valence-electron chi connectivity index (χ0n) is 17.8. The number of hydrogen-bond donors (Lipinski definition) is 3. The number of anilines is 1. The number of nitrogens with zero attached hydrogens (tertiary/aromatic N) is 2. The maximum Gasteiger partial charge on any atom is 0.407 e. The molecule has 1 saturated heterocycles. The average Bonchev–Trinajstić information content (AvgIpc) is 2.82. The third-order valence-electron chi connectivity index (χ3n) is 5.27. The standard InChI is InChI=1S/C24H24N4O5/c25-22(29)21-14-17(27-16-10-12-28(13-11-16)24(30)31)15-26-23(21)33-20-8-6-19(7-9-20)32-18-4-2-1-3-5-18/h1-9,14-16,27H,10-13H2,(H2,25,29)(H,30,31). The summed E-state index contributed by atoms with van der Waals surface area (Å²) >= 11 is 0. The van der Waals surface area contributed by atoms with Crippen molar-refractivity contribution in [3.8, 4) is 23.1 Å². The Labute approximate surface area is 190 Å². The monoisotopic (exact) mass is 448 g/mol. The number of nitrogens with two attached hydrogens (primary N) is 1. The largest absolute Gasteiger partial charge is 0.465 e. The minimum Gasteiger partial charge on any atom is -0.465 e. The molecule has 0 unspecified atom stereocenters. The molecule has 4 rings (SSSR count). The molecule has 2 aromatic carbocycles. The maximum atomic E-state index is 12.0. The summed E-state index contributed by atoms with van der Waals surface area (Å²) in [7, 11) is 0. The first-order chi connectivity index (χ1) is 16.0. The Kier molecular flexibility index (Phi) is 6.58. The lowest BCUT2D eigenvalue weighted by molar-refractivity contribution is 0.0997. The highest BCUT2D eigenvalue weighted by Crippen LogP contribution is 2.29. The molecule has 1 aliphatic heterocycles. The Balaban J connectivity index is 1.41. The number of para-hydroxylation sites is 1. The van der Waals surface area contributed by atoms with Gasteiger partial charge in [0.2, 0.25) is 5.88 Å². The molecule has 33 heavy (non-hydrogen) atoms. The van der Waals surface area contributed by atoms with Gasteiger partial charge in [-0.25, -0.2) is 9.78 Å². The number of hydrogen-bond acceptors (Lipinski definition) is 6. The molecule has 0 spiro atoms. The molecule has 0 bridgehead atoms. The summed E-state index contributed by atoms with van der Waals surface area (Å²) in [5.41, 5.74) is 6.32. The zero-order chi connectivity index (χ0) is 23.2. The average molecular weight is 448 g/mol. The van der Waals surface area contributed by atoms with Gasteiger partial charge in [-0.2, -0.15) is 0 Å². The molecule has 1 fully saturated rings. The van der Waals surface area contributed by atoms with Crippen LogP contribution in [0.1, 0.15) is 23.2 Å². The Morgan fingerprint density at radius 1 is 0.970 bits per heavy atom. The quantitative estimate of drug-likeness (QED) is 0.491. The molecule has 9 heteroatoms. The van der Waals surface area contributed by atoms with Crippen molar-refractivity contribution in [2.24, 2.45) is 5.73 Å². The van der Waals surface area contributed by atoms with Gasteiger partial charge in [0.15, 0.2) is 0 Å². The van der Waals surface area contributed by atoms with E-state index < -0.39 is 12.0 Å². The van der Waals surface area contributed by atoms with Gasteiger partial charge in [-0.05, 0) is 55.3 Å². The fraction of sp³-hybridized carbons (Fsp3) is 0.208. The lowest BCUT2D eigenvalue weighted by atomic mass is 10.1. The first kappa shape index (κ1) is 21.9. The van der Waals surface area contributed by atoms with Crippen molar-refractivity contribution < 1.29 is 24.2 Å². The van der Waals surface area contributed by atoms with E-state index in [-0.39, 0.29) is 17.5 Å². The van der Waals surface area contributed by atoms with Crippen molar-refractivity contribution >= 4 is 17.7 Å². The van der Waals surface area contributed by atoms with Crippen molar-refractivity contribution in [3.63, 3.8) is 0 Å². The third kappa shape index (κ3) is 5.70. The molecule has 1 aromatic heterocycles. The van der Waals surface area contributed by atoms with Gasteiger partial charge in [0.1, 0.15) is 22.8 Å². The van der Waals surface area contributed by atoms with E-state index in [0.29, 0.717) is 43.1 Å². The third-order valence-corrected chi connectivity index (χ3v) is 5.27. The van der Waals surface area contributed by atoms with Crippen molar-refractivity contribution in [2.45, 2.75) is 18.9 Å². The molecule has 0 aliphatic carbocycles. The number of likely N-dealkylation sites (tertiary alicyclic amines) is 1. The lowest BCUT2D eigenvalue weighted by Gasteiger charge is -2.31. The number of aromatic nitrogens is 1. The fourth-order valence-electron chi connectivity index (χ4n) is 3.55. The van der Waals surface area contributed by atoms with Crippen LogP contribution in [0.25, 0.3) is 0 Å². The number of piperidine rings is 1. The first-order valence-corrected chi connectivity index (χ1v) is 10.5. The molecule has 0 saturated carbocycles. The summed E-state index contributed by atoms with van der Waals surface area (Å²) in [6.07, 6.45) is 1.98. The molecule has 9 nitrogen and oxygen atoms in total. The van der Waals surface area contributed by atoms with Gasteiger partial charge in [0, 0.05) is 19.1 Å². The number of benzene rings is 2. The number of carboxylic acid groups (broad SMARTS) is 1. The second-order valence-electron chi connectivity index (χ2n) is 7.62. The number of primary amides is 1. The summed E-state index contributed by atoms with van der Waals surface area (Å²) in [4.78, 5) is 28.7. The summed E-state index contributed by atoms with van der Waals surface area (Å²) < 4.78 is 11.6. The van der Waals surface area contributed by atoms with Crippen LogP contribution >= 0.6 is 0 Å². The number of nitrogens with one attached hydrogen (secondary N) is 1. The number of pyridine rings is 1. The Morgan fingerprint density at radius 2 is 1.58 bits per heavy atom. The van der Waals surface area contributed by atoms with Crippen LogP contribution in [0, 0.1) is 0 Å². The van der Waals surface area contributed by atoms with Crippen LogP contribution in [0.5, 0.6) is 23.1 Å². The SMILES string of the molecule is NC(=O)c1cc(NC2CCN(C(=O)O)CC2)cnc1Oc1ccc(Oc2ccccc2)cc1. The van der Waals surface area contributed by atoms with Crippen LogP contribution in [0.15, 0.2) is 66.9 Å². The maximum absolute atomic E-state index is 12.0. The van der Waals surface area contributed by atoms with E-state index in [1.54, 1.807) is 36.5 Å². The van der Waals surface area contributed by atoms with Crippen molar-refractivity contribution in [2.75, 3.05) is 18.4 Å². The minimum atomic E-state index is -0.910. The summed E-state index contributed by atoms with van der Waals surface area (Å²) in [5, 5.41) is 12.4. The van der Waals surface area contributed by atoms with Crippen molar-refractivity contribution in [3.05, 3.63) is 72.4 Å². The van der Waals surface area contributed by atoms with Gasteiger partial charge in [-0.15, -0.1) is 0 Å². The van der Waals surface area contributed by atoms with Crippen LogP contribution < -0.4 is 20.5 Å². The van der Waals surface area contributed by atoms with Crippen LogP contribution in [0.4, 0.5) is 10.5 Å². The van der Waals surface area contributed by atoms with E-state index in [0.717, 1.165) is 5.75 Å². The van der Waals surface area contributed by atoms with E-state index >= 15 is 0 Å². The highest BCUT2D eigenvalue weighted by atomic mass is 16.5. The van der Waals surface area contributed by atoms with E-state index in [9.17, 15) is 9.59 Å². The second kappa shape index (κ2) is 9.90. The van der Waals surface area contributed by atoms with E-state index in [4.69, 9.17) is 20.3 Å². The molecule has 1 aliphatic rings. The Morgan fingerprint density at radius 3 is 2.18 bits per heavy atom. The van der Waals surface area contributed by atoms with Crippen LogP contribution in [-0.2, 0) is 0 Å². The molecule has 4 N–H and O–H groups in total. The fourth-order valence-corrected chi connectivity index (χ4v) is 3.55. The van der Waals surface area contributed by atoms with Gasteiger partial charge < -0.3 is 30.5 Å². The smallest absolute Gasteiger partial charge is 0.407 e. The predicted octanol–water partition coefficient (Wildman–Crippen LogP) is 4.32. The molecular weight excluding hydrogens is 424 g/mol. The number of rotatable bonds is 7. The zero-order valence-corrected chi connectivity index (χ0v) is 17.8. The molecule has 0 radical (unpaired) electrons. The van der Waals surface area contributed by atoms with E-state index in [2.05, 4.69) is 10.3 Å². The minimum absolute atomic E-state index is 0.0760. The van der Waals surface area contributed by atoms with Gasteiger partial charge in [0.05, 0.1) is 11.9 Å². The molecule has 2 amide bonds.